The Balaban J connectivity index is 2.15. The molecular weight excluding hydrogens is 352 g/mol. The van der Waals surface area contributed by atoms with Gasteiger partial charge in [-0.15, -0.1) is 10.2 Å². The quantitative estimate of drug-likeness (QED) is 0.756. The van der Waals surface area contributed by atoms with Gasteiger partial charge in [-0.2, -0.15) is 0 Å². The highest BCUT2D eigenvalue weighted by Gasteiger charge is 2.30. The molecule has 0 aliphatic heterocycles. The molecule has 0 bridgehead atoms. The van der Waals surface area contributed by atoms with Gasteiger partial charge in [-0.1, -0.05) is 6.07 Å². The lowest BCUT2D eigenvalue weighted by Crippen LogP contribution is -2.15. The van der Waals surface area contributed by atoms with E-state index in [1.165, 1.54) is 0 Å². The third-order valence-electron chi connectivity index (χ3n) is 4.69. The largest absolute Gasteiger partial charge is 0.421 e. The second-order valence-electron chi connectivity index (χ2n) is 6.46. The summed E-state index contributed by atoms with van der Waals surface area (Å²) in [5.41, 5.74) is 4.40. The summed E-state index contributed by atoms with van der Waals surface area (Å²) in [4.78, 5) is 0.152. The van der Waals surface area contributed by atoms with Crippen LogP contribution in [0.1, 0.15) is 28.4 Å². The van der Waals surface area contributed by atoms with Crippen LogP contribution >= 0.6 is 0 Å². The Morgan fingerprint density at radius 3 is 2.27 bits per heavy atom. The average Bonchev–Trinajstić information content (AvgIpc) is 3.08. The molecule has 0 amide bonds. The summed E-state index contributed by atoms with van der Waals surface area (Å²) in [5, 5.41) is 7.85. The first kappa shape index (κ1) is 18.2. The van der Waals surface area contributed by atoms with Crippen molar-refractivity contribution in [1.82, 2.24) is 14.8 Å². The molecule has 0 fully saturated rings. The number of benzene rings is 1. The van der Waals surface area contributed by atoms with Gasteiger partial charge in [-0.25, -0.2) is 8.42 Å². The van der Waals surface area contributed by atoms with Crippen LogP contribution in [0.2, 0.25) is 0 Å². The van der Waals surface area contributed by atoms with E-state index in [2.05, 4.69) is 14.9 Å². The first-order valence-corrected chi connectivity index (χ1v) is 9.66. The highest BCUT2D eigenvalue weighted by molar-refractivity contribution is 7.93. The van der Waals surface area contributed by atoms with Gasteiger partial charge in [0.15, 0.2) is 0 Å². The average molecular weight is 374 g/mol. The maximum absolute atomic E-state index is 13.2. The van der Waals surface area contributed by atoms with E-state index in [-0.39, 0.29) is 10.8 Å². The lowest BCUT2D eigenvalue weighted by atomic mass is 10.1. The van der Waals surface area contributed by atoms with Gasteiger partial charge in [0, 0.05) is 31.0 Å². The van der Waals surface area contributed by atoms with Crippen molar-refractivity contribution in [3.8, 4) is 11.5 Å². The number of sulfonamides is 1. The van der Waals surface area contributed by atoms with Crippen molar-refractivity contribution in [1.29, 1.82) is 0 Å². The Kier molecular flexibility index (Phi) is 4.39. The molecule has 0 saturated carbocycles. The zero-order chi connectivity index (χ0) is 19.2. The van der Waals surface area contributed by atoms with Crippen LogP contribution in [-0.2, 0) is 17.1 Å². The minimum atomic E-state index is -3.84. The molecule has 0 radical (unpaired) electrons. The minimum Gasteiger partial charge on any atom is -0.421 e. The SMILES string of the molecule is Cc1nnc(-c2c(S(=O)(=O)Nc3ccc(C)c(C)c3)c(C)n(C)c2C)o1. The van der Waals surface area contributed by atoms with Crippen molar-refractivity contribution in [3.05, 3.63) is 46.6 Å². The standard InChI is InChI=1S/C18H22N4O3S/c1-10-7-8-15(9-11(10)2)21-26(23,24)17-13(4)22(6)12(3)16(17)18-20-19-14(5)25-18/h7-9,21H,1-6H3. The van der Waals surface area contributed by atoms with Crippen molar-refractivity contribution < 1.29 is 12.8 Å². The number of aryl methyl sites for hydroxylation is 3. The zero-order valence-corrected chi connectivity index (χ0v) is 16.5. The normalized spacial score (nSPS) is 11.8. The second kappa shape index (κ2) is 6.28. The van der Waals surface area contributed by atoms with E-state index in [9.17, 15) is 8.42 Å². The van der Waals surface area contributed by atoms with E-state index < -0.39 is 10.0 Å². The smallest absolute Gasteiger partial charge is 0.264 e. The summed E-state index contributed by atoms with van der Waals surface area (Å²) in [6.45, 7) is 9.18. The Morgan fingerprint density at radius 1 is 1.00 bits per heavy atom. The summed E-state index contributed by atoms with van der Waals surface area (Å²) in [5.74, 6) is 0.579. The molecule has 0 atom stereocenters. The molecule has 0 spiro atoms. The molecule has 8 heteroatoms. The van der Waals surface area contributed by atoms with E-state index in [0.717, 1.165) is 16.8 Å². The van der Waals surface area contributed by atoms with Crippen LogP contribution in [0.4, 0.5) is 5.69 Å². The fourth-order valence-corrected chi connectivity index (χ4v) is 4.48. The van der Waals surface area contributed by atoms with Crippen LogP contribution in [0.25, 0.3) is 11.5 Å². The van der Waals surface area contributed by atoms with Crippen molar-refractivity contribution in [2.24, 2.45) is 7.05 Å². The Hall–Kier alpha value is -2.61. The number of anilines is 1. The first-order valence-electron chi connectivity index (χ1n) is 8.18. The Morgan fingerprint density at radius 2 is 1.69 bits per heavy atom. The molecule has 1 aromatic carbocycles. The van der Waals surface area contributed by atoms with Gasteiger partial charge in [0.1, 0.15) is 4.90 Å². The molecular formula is C18H22N4O3S. The molecule has 1 N–H and O–H groups in total. The molecule has 7 nitrogen and oxygen atoms in total. The summed E-state index contributed by atoms with van der Waals surface area (Å²) < 4.78 is 36.3. The first-order chi connectivity index (χ1) is 12.1. The Bertz CT molecular complexity index is 1090. The molecule has 0 aliphatic rings. The van der Waals surface area contributed by atoms with Gasteiger partial charge in [0.25, 0.3) is 15.9 Å². The van der Waals surface area contributed by atoms with E-state index in [0.29, 0.717) is 22.8 Å². The maximum Gasteiger partial charge on any atom is 0.264 e. The van der Waals surface area contributed by atoms with Gasteiger partial charge in [0.2, 0.25) is 5.89 Å². The van der Waals surface area contributed by atoms with Gasteiger partial charge in [-0.05, 0) is 51.0 Å². The number of nitrogens with zero attached hydrogens (tertiary/aromatic N) is 3. The van der Waals surface area contributed by atoms with Crippen molar-refractivity contribution in [2.75, 3.05) is 4.72 Å². The highest BCUT2D eigenvalue weighted by Crippen LogP contribution is 2.35. The summed E-state index contributed by atoms with van der Waals surface area (Å²) in [6, 6.07) is 5.45. The van der Waals surface area contributed by atoms with E-state index in [1.807, 2.05) is 44.5 Å². The van der Waals surface area contributed by atoms with Crippen molar-refractivity contribution in [3.63, 3.8) is 0 Å². The lowest BCUT2D eigenvalue weighted by Gasteiger charge is -2.11. The third-order valence-corrected chi connectivity index (χ3v) is 6.23. The fourth-order valence-electron chi connectivity index (χ4n) is 2.91. The second-order valence-corrected chi connectivity index (χ2v) is 8.08. The topological polar surface area (TPSA) is 90.0 Å². The van der Waals surface area contributed by atoms with E-state index in [4.69, 9.17) is 4.42 Å². The number of hydrogen-bond donors (Lipinski definition) is 1. The molecule has 0 aliphatic carbocycles. The van der Waals surface area contributed by atoms with E-state index in [1.54, 1.807) is 19.9 Å². The number of rotatable bonds is 4. The van der Waals surface area contributed by atoms with Gasteiger partial charge in [0.05, 0.1) is 5.56 Å². The molecule has 138 valence electrons. The monoisotopic (exact) mass is 374 g/mol. The zero-order valence-electron chi connectivity index (χ0n) is 15.7. The fraction of sp³-hybridized carbons (Fsp3) is 0.333. The van der Waals surface area contributed by atoms with Gasteiger partial charge >= 0.3 is 0 Å². The van der Waals surface area contributed by atoms with E-state index >= 15 is 0 Å². The molecule has 0 saturated heterocycles. The van der Waals surface area contributed by atoms with Crippen molar-refractivity contribution in [2.45, 2.75) is 39.5 Å². The van der Waals surface area contributed by atoms with Crippen LogP contribution < -0.4 is 4.72 Å². The Labute approximate surface area is 153 Å². The summed E-state index contributed by atoms with van der Waals surface area (Å²) in [6.07, 6.45) is 0. The summed E-state index contributed by atoms with van der Waals surface area (Å²) >= 11 is 0. The molecule has 0 unspecified atom stereocenters. The third kappa shape index (κ3) is 3.01. The van der Waals surface area contributed by atoms with Crippen LogP contribution in [0.15, 0.2) is 27.5 Å². The number of hydrogen-bond acceptors (Lipinski definition) is 5. The maximum atomic E-state index is 13.2. The van der Waals surface area contributed by atoms with Gasteiger partial charge < -0.3 is 8.98 Å². The number of nitrogens with one attached hydrogen (secondary N) is 1. The predicted molar refractivity (Wildman–Crippen MR) is 99.6 cm³/mol. The van der Waals surface area contributed by atoms with Gasteiger partial charge in [-0.3, -0.25) is 4.72 Å². The molecule has 2 aromatic heterocycles. The van der Waals surface area contributed by atoms with Crippen LogP contribution in [0.3, 0.4) is 0 Å². The van der Waals surface area contributed by atoms with Crippen molar-refractivity contribution >= 4 is 15.7 Å². The minimum absolute atomic E-state index is 0.152. The molecule has 3 aromatic rings. The van der Waals surface area contributed by atoms with Crippen LogP contribution in [-0.4, -0.2) is 23.2 Å². The predicted octanol–water partition coefficient (Wildman–Crippen LogP) is 3.42. The molecule has 3 rings (SSSR count). The molecule has 26 heavy (non-hydrogen) atoms. The van der Waals surface area contributed by atoms with Crippen LogP contribution in [0.5, 0.6) is 0 Å². The van der Waals surface area contributed by atoms with Crippen LogP contribution in [0, 0.1) is 34.6 Å². The lowest BCUT2D eigenvalue weighted by molar-refractivity contribution is 0.530. The summed E-state index contributed by atoms with van der Waals surface area (Å²) in [7, 11) is -2.03. The highest BCUT2D eigenvalue weighted by atomic mass is 32.2. The molecule has 2 heterocycles. The number of aromatic nitrogens is 3.